The minimum absolute atomic E-state index is 1.08. The van der Waals surface area contributed by atoms with Gasteiger partial charge in [0, 0.05) is 55.4 Å². The topological polar surface area (TPSA) is 13.1 Å². The molecule has 2 aromatic heterocycles. The van der Waals surface area contributed by atoms with Gasteiger partial charge in [-0.15, -0.1) is 0 Å². The zero-order chi connectivity index (χ0) is 52.2. The smallest absolute Gasteiger partial charge is 0.0619 e. The largest absolute Gasteiger partial charge is 0.311 e. The first kappa shape index (κ1) is 45.9. The van der Waals surface area contributed by atoms with Gasteiger partial charge in [0.2, 0.25) is 0 Å². The van der Waals surface area contributed by atoms with E-state index in [0.29, 0.717) is 0 Å². The lowest BCUT2D eigenvalue weighted by atomic mass is 9.92. The summed E-state index contributed by atoms with van der Waals surface area (Å²) in [5.74, 6) is 0. The van der Waals surface area contributed by atoms with Crippen LogP contribution in [-0.4, -0.2) is 9.13 Å². The number of para-hydroxylation sites is 3. The standard InChI is InChI=1S/C76H51N3/c1-5-17-52(18-6-1)54-29-38-65(39-30-54)77(66-40-31-55(32-41-66)53-19-7-2-8-20-53)67-42-33-56(34-43-67)60-47-61(58-36-45-74-71(50-58)69-27-15-16-28-73(69)78(74)63-22-9-3-10-23-63)49-62(48-60)59-37-46-75-72(51-59)70-44-35-57-21-13-14-26-68(57)76(70)79(75)64-24-11-4-12-25-64/h1-51H. The Hall–Kier alpha value is -10.5. The summed E-state index contributed by atoms with van der Waals surface area (Å²) in [5.41, 5.74) is 22.0. The van der Waals surface area contributed by atoms with Gasteiger partial charge in [-0.3, -0.25) is 0 Å². The van der Waals surface area contributed by atoms with Gasteiger partial charge < -0.3 is 14.0 Å². The molecule has 0 saturated heterocycles. The molecule has 3 nitrogen and oxygen atoms in total. The van der Waals surface area contributed by atoms with Crippen LogP contribution in [0.3, 0.4) is 0 Å². The molecule has 0 radical (unpaired) electrons. The highest BCUT2D eigenvalue weighted by atomic mass is 15.1. The highest BCUT2D eigenvalue weighted by Gasteiger charge is 2.20. The number of benzene rings is 13. The van der Waals surface area contributed by atoms with E-state index in [1.807, 2.05) is 0 Å². The Morgan fingerprint density at radius 3 is 1.10 bits per heavy atom. The molecule has 13 aromatic carbocycles. The van der Waals surface area contributed by atoms with E-state index in [9.17, 15) is 0 Å². The molecule has 0 unspecified atom stereocenters. The fourth-order valence-corrected chi connectivity index (χ4v) is 12.1. The van der Waals surface area contributed by atoms with Gasteiger partial charge in [0.1, 0.15) is 0 Å². The summed E-state index contributed by atoms with van der Waals surface area (Å²) in [6.45, 7) is 0. The van der Waals surface area contributed by atoms with Crippen LogP contribution in [0.2, 0.25) is 0 Å². The van der Waals surface area contributed by atoms with Crippen molar-refractivity contribution in [1.29, 1.82) is 0 Å². The average Bonchev–Trinajstić information content (AvgIpc) is 4.21. The Morgan fingerprint density at radius 1 is 0.203 bits per heavy atom. The zero-order valence-corrected chi connectivity index (χ0v) is 43.3. The number of anilines is 3. The average molecular weight is 1010 g/mol. The summed E-state index contributed by atoms with van der Waals surface area (Å²) in [5, 5.41) is 7.39. The van der Waals surface area contributed by atoms with E-state index in [0.717, 1.165) is 50.7 Å². The molecule has 0 spiro atoms. The van der Waals surface area contributed by atoms with E-state index >= 15 is 0 Å². The summed E-state index contributed by atoms with van der Waals surface area (Å²) < 4.78 is 4.83. The Bertz CT molecular complexity index is 4630. The monoisotopic (exact) mass is 1010 g/mol. The molecule has 0 atom stereocenters. The van der Waals surface area contributed by atoms with Crippen molar-refractivity contribution in [1.82, 2.24) is 9.13 Å². The van der Waals surface area contributed by atoms with E-state index in [1.165, 1.54) is 87.8 Å². The molecule has 0 bridgehead atoms. The van der Waals surface area contributed by atoms with Crippen LogP contribution in [0.1, 0.15) is 0 Å². The summed E-state index contributed by atoms with van der Waals surface area (Å²) in [4.78, 5) is 2.36. The van der Waals surface area contributed by atoms with Gasteiger partial charge in [-0.1, -0.05) is 200 Å². The number of rotatable bonds is 10. The highest BCUT2D eigenvalue weighted by molar-refractivity contribution is 6.19. The maximum Gasteiger partial charge on any atom is 0.0619 e. The Kier molecular flexibility index (Phi) is 11.2. The number of nitrogens with zero attached hydrogens (tertiary/aromatic N) is 3. The molecule has 0 N–H and O–H groups in total. The van der Waals surface area contributed by atoms with Crippen LogP contribution < -0.4 is 4.90 Å². The Morgan fingerprint density at radius 2 is 0.570 bits per heavy atom. The highest BCUT2D eigenvalue weighted by Crippen LogP contribution is 2.43. The minimum atomic E-state index is 1.08. The molecule has 15 rings (SSSR count). The molecular weight excluding hydrogens is 955 g/mol. The molecule has 370 valence electrons. The van der Waals surface area contributed by atoms with Crippen molar-refractivity contribution in [3.63, 3.8) is 0 Å². The van der Waals surface area contributed by atoms with E-state index in [1.54, 1.807) is 0 Å². The number of aromatic nitrogens is 2. The van der Waals surface area contributed by atoms with Crippen LogP contribution in [0.25, 0.3) is 121 Å². The molecule has 0 amide bonds. The second kappa shape index (κ2) is 19.3. The van der Waals surface area contributed by atoms with Crippen LogP contribution in [-0.2, 0) is 0 Å². The lowest BCUT2D eigenvalue weighted by Crippen LogP contribution is -2.09. The second-order valence-electron chi connectivity index (χ2n) is 20.5. The van der Waals surface area contributed by atoms with Crippen molar-refractivity contribution in [3.8, 4) is 67.0 Å². The first-order chi connectivity index (χ1) is 39.2. The van der Waals surface area contributed by atoms with E-state index < -0.39 is 0 Å². The van der Waals surface area contributed by atoms with Crippen LogP contribution >= 0.6 is 0 Å². The first-order valence-corrected chi connectivity index (χ1v) is 27.1. The maximum absolute atomic E-state index is 2.44. The van der Waals surface area contributed by atoms with Crippen LogP contribution in [0.15, 0.2) is 309 Å². The van der Waals surface area contributed by atoms with Gasteiger partial charge in [-0.2, -0.15) is 0 Å². The van der Waals surface area contributed by atoms with Crippen LogP contribution in [0, 0.1) is 0 Å². The molecule has 79 heavy (non-hydrogen) atoms. The molecule has 2 heterocycles. The van der Waals surface area contributed by atoms with Crippen molar-refractivity contribution < 1.29 is 0 Å². The maximum atomic E-state index is 2.44. The lowest BCUT2D eigenvalue weighted by Gasteiger charge is -2.26. The zero-order valence-electron chi connectivity index (χ0n) is 43.3. The third-order valence-corrected chi connectivity index (χ3v) is 15.9. The SMILES string of the molecule is c1ccc(-c2ccc(N(c3ccc(-c4ccccc4)cc3)c3ccc(-c4cc(-c5ccc6c(c5)c5ccccc5n6-c5ccccc5)cc(-c5ccc6c(c5)c5ccc7ccccc7c5n6-c5ccccc5)c4)cc3)cc2)cc1. The predicted octanol–water partition coefficient (Wildman–Crippen LogP) is 20.8. The van der Waals surface area contributed by atoms with Crippen molar-refractivity contribution in [3.05, 3.63) is 309 Å². The summed E-state index contributed by atoms with van der Waals surface area (Å²) >= 11 is 0. The van der Waals surface area contributed by atoms with Crippen molar-refractivity contribution in [2.24, 2.45) is 0 Å². The molecule has 0 aliphatic carbocycles. The minimum Gasteiger partial charge on any atom is -0.311 e. The van der Waals surface area contributed by atoms with Gasteiger partial charge in [0.05, 0.1) is 22.1 Å². The van der Waals surface area contributed by atoms with E-state index in [-0.39, 0.29) is 0 Å². The van der Waals surface area contributed by atoms with E-state index in [2.05, 4.69) is 323 Å². The first-order valence-electron chi connectivity index (χ1n) is 27.1. The van der Waals surface area contributed by atoms with Crippen molar-refractivity contribution in [2.45, 2.75) is 0 Å². The fraction of sp³-hybridized carbons (Fsp3) is 0. The van der Waals surface area contributed by atoms with Crippen LogP contribution in [0.4, 0.5) is 17.1 Å². The molecular formula is C76H51N3. The molecule has 3 heteroatoms. The van der Waals surface area contributed by atoms with E-state index in [4.69, 9.17) is 0 Å². The molecule has 0 fully saturated rings. The number of fused-ring (bicyclic) bond motifs is 8. The lowest BCUT2D eigenvalue weighted by molar-refractivity contribution is 1.18. The molecule has 15 aromatic rings. The number of hydrogen-bond donors (Lipinski definition) is 0. The van der Waals surface area contributed by atoms with Gasteiger partial charge in [0.25, 0.3) is 0 Å². The molecule has 0 aliphatic rings. The van der Waals surface area contributed by atoms with Gasteiger partial charge in [-0.25, -0.2) is 0 Å². The Balaban J connectivity index is 0.890. The van der Waals surface area contributed by atoms with Gasteiger partial charge in [0.15, 0.2) is 0 Å². The molecule has 0 saturated carbocycles. The third kappa shape index (κ3) is 8.16. The molecule has 0 aliphatic heterocycles. The third-order valence-electron chi connectivity index (χ3n) is 15.9. The number of hydrogen-bond acceptors (Lipinski definition) is 1. The van der Waals surface area contributed by atoms with Gasteiger partial charge in [-0.05, 0) is 170 Å². The quantitative estimate of drug-likeness (QED) is 0.133. The summed E-state index contributed by atoms with van der Waals surface area (Å²) in [7, 11) is 0. The summed E-state index contributed by atoms with van der Waals surface area (Å²) in [6.07, 6.45) is 0. The predicted molar refractivity (Wildman–Crippen MR) is 334 cm³/mol. The second-order valence-corrected chi connectivity index (χ2v) is 20.5. The van der Waals surface area contributed by atoms with Crippen molar-refractivity contribution >= 4 is 71.4 Å². The van der Waals surface area contributed by atoms with Crippen LogP contribution in [0.5, 0.6) is 0 Å². The normalized spacial score (nSPS) is 11.5. The Labute approximate surface area is 459 Å². The fourth-order valence-electron chi connectivity index (χ4n) is 12.1. The summed E-state index contributed by atoms with van der Waals surface area (Å²) in [6, 6.07) is 113. The van der Waals surface area contributed by atoms with Crippen molar-refractivity contribution in [2.75, 3.05) is 4.90 Å². The van der Waals surface area contributed by atoms with Gasteiger partial charge >= 0.3 is 0 Å².